The Morgan fingerprint density at radius 2 is 2.15 bits per heavy atom. The number of fused-ring (bicyclic) bond motifs is 1. The number of rotatable bonds is 1. The smallest absolute Gasteiger partial charge is 0.0723 e. The van der Waals surface area contributed by atoms with Gasteiger partial charge in [0.05, 0.1) is 5.52 Å². The van der Waals surface area contributed by atoms with Crippen LogP contribution in [0.3, 0.4) is 0 Å². The molecule has 0 fully saturated rings. The molecule has 0 aliphatic heterocycles. The second-order valence-corrected chi connectivity index (χ2v) is 3.69. The number of aromatic nitrogens is 1. The molecule has 1 aromatic carbocycles. The Kier molecular flexibility index (Phi) is 2.19. The molecule has 0 saturated carbocycles. The second kappa shape index (κ2) is 3.34. The first-order valence-electron chi connectivity index (χ1n) is 4.03. The Morgan fingerprint density at radius 1 is 1.31 bits per heavy atom. The number of benzene rings is 1. The van der Waals surface area contributed by atoms with E-state index in [1.165, 1.54) is 0 Å². The SMILES string of the molecule is CNc1ccnc2ccc(Br)cc12. The van der Waals surface area contributed by atoms with Gasteiger partial charge in [-0.05, 0) is 24.3 Å². The fraction of sp³-hybridized carbons (Fsp3) is 0.100. The molecule has 0 atom stereocenters. The standard InChI is InChI=1S/C10H9BrN2/c1-12-9-4-5-13-10-3-2-7(11)6-8(9)10/h2-6H,1H3,(H,12,13). The Bertz CT molecular complexity index is 440. The van der Waals surface area contributed by atoms with Crippen LogP contribution in [0.25, 0.3) is 10.9 Å². The van der Waals surface area contributed by atoms with Gasteiger partial charge in [0.15, 0.2) is 0 Å². The third-order valence-corrected chi connectivity index (χ3v) is 2.47. The Balaban J connectivity index is 2.79. The summed E-state index contributed by atoms with van der Waals surface area (Å²) in [5.41, 5.74) is 2.11. The van der Waals surface area contributed by atoms with Crippen LogP contribution in [0.5, 0.6) is 0 Å². The second-order valence-electron chi connectivity index (χ2n) is 2.77. The highest BCUT2D eigenvalue weighted by molar-refractivity contribution is 9.10. The predicted octanol–water partition coefficient (Wildman–Crippen LogP) is 3.04. The lowest BCUT2D eigenvalue weighted by Gasteiger charge is -2.04. The van der Waals surface area contributed by atoms with Crippen LogP contribution in [-0.2, 0) is 0 Å². The fourth-order valence-corrected chi connectivity index (χ4v) is 1.70. The van der Waals surface area contributed by atoms with Gasteiger partial charge >= 0.3 is 0 Å². The van der Waals surface area contributed by atoms with Crippen molar-refractivity contribution in [3.8, 4) is 0 Å². The molecule has 1 aromatic heterocycles. The van der Waals surface area contributed by atoms with Crippen molar-refractivity contribution < 1.29 is 0 Å². The van der Waals surface area contributed by atoms with Crippen LogP contribution in [0.15, 0.2) is 34.9 Å². The first kappa shape index (κ1) is 8.51. The number of pyridine rings is 1. The summed E-state index contributed by atoms with van der Waals surface area (Å²) in [7, 11) is 1.91. The fourth-order valence-electron chi connectivity index (χ4n) is 1.34. The summed E-state index contributed by atoms with van der Waals surface area (Å²) in [4.78, 5) is 4.27. The molecule has 0 saturated heterocycles. The summed E-state index contributed by atoms with van der Waals surface area (Å²) >= 11 is 3.44. The summed E-state index contributed by atoms with van der Waals surface area (Å²) in [5.74, 6) is 0. The van der Waals surface area contributed by atoms with Crippen LogP contribution in [0.1, 0.15) is 0 Å². The van der Waals surface area contributed by atoms with E-state index in [2.05, 4.69) is 32.3 Å². The average molecular weight is 237 g/mol. The van der Waals surface area contributed by atoms with Crippen LogP contribution in [0, 0.1) is 0 Å². The summed E-state index contributed by atoms with van der Waals surface area (Å²) in [6.07, 6.45) is 1.81. The molecule has 0 aliphatic rings. The van der Waals surface area contributed by atoms with Gasteiger partial charge < -0.3 is 5.32 Å². The highest BCUT2D eigenvalue weighted by atomic mass is 79.9. The Labute approximate surface area is 85.1 Å². The van der Waals surface area contributed by atoms with E-state index in [0.717, 1.165) is 21.1 Å². The molecule has 2 nitrogen and oxygen atoms in total. The van der Waals surface area contributed by atoms with E-state index in [-0.39, 0.29) is 0 Å². The molecular weight excluding hydrogens is 228 g/mol. The molecule has 1 N–H and O–H groups in total. The van der Waals surface area contributed by atoms with Crippen molar-refractivity contribution in [1.29, 1.82) is 0 Å². The van der Waals surface area contributed by atoms with Crippen LogP contribution in [-0.4, -0.2) is 12.0 Å². The van der Waals surface area contributed by atoms with Gasteiger partial charge in [-0.15, -0.1) is 0 Å². The minimum Gasteiger partial charge on any atom is -0.388 e. The van der Waals surface area contributed by atoms with Crippen LogP contribution >= 0.6 is 15.9 Å². The zero-order valence-corrected chi connectivity index (χ0v) is 8.80. The number of nitrogens with one attached hydrogen (secondary N) is 1. The lowest BCUT2D eigenvalue weighted by atomic mass is 10.2. The van der Waals surface area contributed by atoms with E-state index in [1.807, 2.05) is 31.4 Å². The first-order chi connectivity index (χ1) is 6.31. The minimum absolute atomic E-state index is 1.01. The van der Waals surface area contributed by atoms with Crippen LogP contribution in [0.4, 0.5) is 5.69 Å². The molecule has 0 spiro atoms. The maximum Gasteiger partial charge on any atom is 0.0723 e. The highest BCUT2D eigenvalue weighted by Gasteiger charge is 1.99. The van der Waals surface area contributed by atoms with Crippen LogP contribution < -0.4 is 5.32 Å². The van der Waals surface area contributed by atoms with Gasteiger partial charge in [0.25, 0.3) is 0 Å². The van der Waals surface area contributed by atoms with Gasteiger partial charge in [-0.3, -0.25) is 4.98 Å². The van der Waals surface area contributed by atoms with E-state index in [0.29, 0.717) is 0 Å². The number of halogens is 1. The normalized spacial score (nSPS) is 10.3. The van der Waals surface area contributed by atoms with Gasteiger partial charge in [0.2, 0.25) is 0 Å². The molecule has 0 unspecified atom stereocenters. The van der Waals surface area contributed by atoms with Gasteiger partial charge in [-0.1, -0.05) is 15.9 Å². The quantitative estimate of drug-likeness (QED) is 0.824. The Morgan fingerprint density at radius 3 is 2.92 bits per heavy atom. The molecule has 3 heteroatoms. The molecular formula is C10H9BrN2. The third kappa shape index (κ3) is 1.52. The molecule has 2 rings (SSSR count). The molecule has 0 aliphatic carbocycles. The molecule has 13 heavy (non-hydrogen) atoms. The molecule has 0 bridgehead atoms. The summed E-state index contributed by atoms with van der Waals surface area (Å²) in [5, 5.41) is 4.27. The minimum atomic E-state index is 1.01. The maximum atomic E-state index is 4.27. The molecule has 0 amide bonds. The zero-order chi connectivity index (χ0) is 9.26. The number of nitrogens with zero attached hydrogens (tertiary/aromatic N) is 1. The van der Waals surface area contributed by atoms with E-state index >= 15 is 0 Å². The van der Waals surface area contributed by atoms with Crippen molar-refractivity contribution in [2.24, 2.45) is 0 Å². The van der Waals surface area contributed by atoms with Gasteiger partial charge in [0.1, 0.15) is 0 Å². The van der Waals surface area contributed by atoms with Crippen molar-refractivity contribution in [2.45, 2.75) is 0 Å². The van der Waals surface area contributed by atoms with E-state index in [4.69, 9.17) is 0 Å². The largest absolute Gasteiger partial charge is 0.388 e. The van der Waals surface area contributed by atoms with Crippen molar-refractivity contribution in [3.05, 3.63) is 34.9 Å². The Hall–Kier alpha value is -1.09. The third-order valence-electron chi connectivity index (χ3n) is 1.97. The zero-order valence-electron chi connectivity index (χ0n) is 7.21. The maximum absolute atomic E-state index is 4.27. The van der Waals surface area contributed by atoms with Crippen molar-refractivity contribution in [1.82, 2.24) is 4.98 Å². The van der Waals surface area contributed by atoms with Gasteiger partial charge in [0, 0.05) is 28.8 Å². The average Bonchev–Trinajstić information content (AvgIpc) is 2.17. The number of anilines is 1. The van der Waals surface area contributed by atoms with E-state index in [1.54, 1.807) is 0 Å². The molecule has 2 aromatic rings. The molecule has 1 heterocycles. The van der Waals surface area contributed by atoms with E-state index < -0.39 is 0 Å². The first-order valence-corrected chi connectivity index (χ1v) is 4.82. The predicted molar refractivity (Wildman–Crippen MR) is 59.0 cm³/mol. The highest BCUT2D eigenvalue weighted by Crippen LogP contribution is 2.24. The van der Waals surface area contributed by atoms with Gasteiger partial charge in [-0.2, -0.15) is 0 Å². The monoisotopic (exact) mass is 236 g/mol. The number of hydrogen-bond donors (Lipinski definition) is 1. The molecule has 66 valence electrons. The lowest BCUT2D eigenvalue weighted by Crippen LogP contribution is -1.90. The summed E-state index contributed by atoms with van der Waals surface area (Å²) in [6.45, 7) is 0. The van der Waals surface area contributed by atoms with Crippen molar-refractivity contribution in [3.63, 3.8) is 0 Å². The van der Waals surface area contributed by atoms with Crippen LogP contribution in [0.2, 0.25) is 0 Å². The summed E-state index contributed by atoms with van der Waals surface area (Å²) < 4.78 is 1.07. The number of hydrogen-bond acceptors (Lipinski definition) is 2. The molecule has 0 radical (unpaired) electrons. The van der Waals surface area contributed by atoms with Crippen molar-refractivity contribution >= 4 is 32.5 Å². The topological polar surface area (TPSA) is 24.9 Å². The summed E-state index contributed by atoms with van der Waals surface area (Å²) in [6, 6.07) is 8.03. The van der Waals surface area contributed by atoms with Crippen molar-refractivity contribution in [2.75, 3.05) is 12.4 Å². The van der Waals surface area contributed by atoms with Gasteiger partial charge in [-0.25, -0.2) is 0 Å². The van der Waals surface area contributed by atoms with E-state index in [9.17, 15) is 0 Å². The lowest BCUT2D eigenvalue weighted by molar-refractivity contribution is 1.39.